The van der Waals surface area contributed by atoms with Crippen LogP contribution in [0.4, 0.5) is 0 Å². The second-order valence-corrected chi connectivity index (χ2v) is 24.8. The zero-order valence-corrected chi connectivity index (χ0v) is 49.5. The Hall–Kier alpha value is -3.48. The molecule has 4 aliphatic rings. The first-order valence-corrected chi connectivity index (χ1v) is 30.2. The summed E-state index contributed by atoms with van der Waals surface area (Å²) >= 11 is 0. The van der Waals surface area contributed by atoms with Crippen LogP contribution in [0, 0.1) is 10.8 Å². The molecule has 6 unspecified atom stereocenters. The van der Waals surface area contributed by atoms with Crippen LogP contribution >= 0.6 is 0 Å². The molecule has 0 spiro atoms. The molecule has 0 radical (unpaired) electrons. The van der Waals surface area contributed by atoms with Gasteiger partial charge in [0.15, 0.2) is 0 Å². The Morgan fingerprint density at radius 1 is 0.459 bits per heavy atom. The largest absolute Gasteiger partial charge is 0.462 e. The molecule has 4 rings (SSSR count). The van der Waals surface area contributed by atoms with E-state index in [9.17, 15) is 9.59 Å². The van der Waals surface area contributed by atoms with Gasteiger partial charge in [-0.25, -0.2) is 0 Å². The topological polar surface area (TPSA) is 71.1 Å². The molecule has 0 amide bonds. The molecule has 0 bridgehead atoms. The lowest BCUT2D eigenvalue weighted by Gasteiger charge is -2.45. The Morgan fingerprint density at radius 3 is 1.09 bits per heavy atom. The summed E-state index contributed by atoms with van der Waals surface area (Å²) in [5, 5.41) is 0. The van der Waals surface area contributed by atoms with Crippen LogP contribution in [-0.2, 0) is 28.5 Å². The van der Waals surface area contributed by atoms with Gasteiger partial charge in [0.1, 0.15) is 12.2 Å². The summed E-state index contributed by atoms with van der Waals surface area (Å²) in [5.41, 5.74) is 6.16. The van der Waals surface area contributed by atoms with E-state index in [4.69, 9.17) is 18.9 Å². The van der Waals surface area contributed by atoms with Crippen LogP contribution in [0.25, 0.3) is 0 Å². The van der Waals surface area contributed by atoms with Gasteiger partial charge < -0.3 is 18.9 Å². The third-order valence-electron chi connectivity index (χ3n) is 16.4. The van der Waals surface area contributed by atoms with Crippen molar-refractivity contribution >= 4 is 11.9 Å². The lowest BCUT2D eigenvalue weighted by atomic mass is 9.65. The first-order valence-electron chi connectivity index (χ1n) is 30.2. The molecule has 0 aromatic rings. The van der Waals surface area contributed by atoms with E-state index in [0.717, 1.165) is 60.8 Å². The van der Waals surface area contributed by atoms with Crippen molar-refractivity contribution in [3.8, 4) is 0 Å². The summed E-state index contributed by atoms with van der Waals surface area (Å²) in [6.07, 6.45) is 57.5. The second-order valence-electron chi connectivity index (χ2n) is 24.8. The second kappa shape index (κ2) is 32.3. The minimum atomic E-state index is -0.449. The van der Waals surface area contributed by atoms with Gasteiger partial charge in [-0.15, -0.1) is 0 Å². The Labute approximate surface area is 454 Å². The Kier molecular flexibility index (Phi) is 27.5. The predicted molar refractivity (Wildman–Crippen MR) is 313 cm³/mol. The maximum absolute atomic E-state index is 13.0. The smallest absolute Gasteiger partial charge is 0.306 e. The van der Waals surface area contributed by atoms with E-state index in [2.05, 4.69) is 156 Å². The molecule has 2 saturated carbocycles. The van der Waals surface area contributed by atoms with Crippen LogP contribution in [-0.4, -0.2) is 47.6 Å². The van der Waals surface area contributed by atoms with Gasteiger partial charge in [-0.2, -0.15) is 0 Å². The number of hydrogen-bond donors (Lipinski definition) is 0. The summed E-state index contributed by atoms with van der Waals surface area (Å²) in [4.78, 5) is 25.9. The molecule has 0 aromatic carbocycles. The van der Waals surface area contributed by atoms with Gasteiger partial charge in [0.2, 0.25) is 0 Å². The standard InChI is InChI=1S/C68H108O6/c1-13-15-17-19-21-23-24-25-26-28-30-32-34-46-64(70)72-58-50-66(9,10)62-48-60(74-68(62,12)52-58)56(6)44-38-42-54(4)40-36-35-39-53(3)41-37-43-55(5)59-47-61-65(7,8)49-57(51-67(61,11)73-59)71-63(69)45-33-31-29-27-22-20-18-16-14-2/h35-44,47-48,57-60H,13-34,45-46,49-52H2,1-12H3/b36-35+,41-37+,42-38+,53-39+,54-40+,55-43+,56-44+. The molecule has 2 fully saturated rings. The molecule has 2 heterocycles. The van der Waals surface area contributed by atoms with Crippen LogP contribution < -0.4 is 0 Å². The fraction of sp³-hybridized carbons (Fsp3) is 0.706. The van der Waals surface area contributed by atoms with Gasteiger partial charge in [-0.05, 0) is 113 Å². The zero-order chi connectivity index (χ0) is 54.0. The number of unbranched alkanes of at least 4 members (excludes halogenated alkanes) is 20. The van der Waals surface area contributed by atoms with E-state index in [1.54, 1.807) is 0 Å². The van der Waals surface area contributed by atoms with Crippen molar-refractivity contribution in [3.63, 3.8) is 0 Å². The van der Waals surface area contributed by atoms with Gasteiger partial charge in [0.05, 0.1) is 23.4 Å². The summed E-state index contributed by atoms with van der Waals surface area (Å²) in [5.74, 6) is -0.113. The van der Waals surface area contributed by atoms with Gasteiger partial charge >= 0.3 is 11.9 Å². The lowest BCUT2D eigenvalue weighted by Crippen LogP contribution is -2.46. The number of hydrogen-bond acceptors (Lipinski definition) is 6. The SMILES string of the molecule is CCCCCCCCCCCCCCCC(=O)OC1CC(C)(C)C2=CC(/C(C)=C/C=C/C(C)=C/C=C/C=C(C)/C=C/C=C(\C)C3C=C4C(C)(C)CC(OC(=O)CCCCCCCCCCC)CC4(C)O3)OC2(C)C1. The average molecular weight is 1020 g/mol. The maximum atomic E-state index is 13.0. The van der Waals surface area contributed by atoms with E-state index >= 15 is 0 Å². The molecule has 2 aliphatic carbocycles. The molecule has 0 N–H and O–H groups in total. The minimum absolute atomic E-state index is 0.0544. The Morgan fingerprint density at radius 2 is 0.770 bits per heavy atom. The summed E-state index contributed by atoms with van der Waals surface area (Å²) in [6, 6.07) is 0. The molecular formula is C68H108O6. The number of fused-ring (bicyclic) bond motifs is 2. The molecule has 0 saturated heterocycles. The summed E-state index contributed by atoms with van der Waals surface area (Å²) in [7, 11) is 0. The van der Waals surface area contributed by atoms with Gasteiger partial charge in [0, 0.05) is 25.7 Å². The molecule has 2 aliphatic heterocycles. The average Bonchev–Trinajstić information content (AvgIpc) is 3.89. The summed E-state index contributed by atoms with van der Waals surface area (Å²) in [6.45, 7) is 26.5. The predicted octanol–water partition coefficient (Wildman–Crippen LogP) is 19.5. The molecular weight excluding hydrogens is 913 g/mol. The normalized spacial score (nSPS) is 26.2. The van der Waals surface area contributed by atoms with E-state index in [-0.39, 0.29) is 47.2 Å². The van der Waals surface area contributed by atoms with Crippen molar-refractivity contribution in [2.24, 2.45) is 10.8 Å². The molecule has 74 heavy (non-hydrogen) atoms. The van der Waals surface area contributed by atoms with Gasteiger partial charge in [-0.1, -0.05) is 242 Å². The van der Waals surface area contributed by atoms with Gasteiger partial charge in [0.25, 0.3) is 0 Å². The molecule has 416 valence electrons. The number of ether oxygens (including phenoxy) is 4. The lowest BCUT2D eigenvalue weighted by molar-refractivity contribution is -0.158. The molecule has 6 heteroatoms. The summed E-state index contributed by atoms with van der Waals surface area (Å²) < 4.78 is 25.8. The van der Waals surface area contributed by atoms with E-state index in [0.29, 0.717) is 25.7 Å². The third kappa shape index (κ3) is 21.9. The third-order valence-corrected chi connectivity index (χ3v) is 16.4. The van der Waals surface area contributed by atoms with Crippen molar-refractivity contribution in [3.05, 3.63) is 106 Å². The number of esters is 2. The Balaban J connectivity index is 1.16. The van der Waals surface area contributed by atoms with Gasteiger partial charge in [-0.3, -0.25) is 9.59 Å². The van der Waals surface area contributed by atoms with Crippen LogP contribution in [0.15, 0.2) is 106 Å². The van der Waals surface area contributed by atoms with Crippen LogP contribution in [0.5, 0.6) is 0 Å². The van der Waals surface area contributed by atoms with Crippen LogP contribution in [0.1, 0.15) is 263 Å². The molecule has 6 atom stereocenters. The quantitative estimate of drug-likeness (QED) is 0.0277. The van der Waals surface area contributed by atoms with Crippen LogP contribution in [0.3, 0.4) is 0 Å². The first kappa shape index (κ1) is 63.1. The maximum Gasteiger partial charge on any atom is 0.306 e. The van der Waals surface area contributed by atoms with E-state index in [1.165, 1.54) is 127 Å². The minimum Gasteiger partial charge on any atom is -0.462 e. The van der Waals surface area contributed by atoms with E-state index in [1.807, 2.05) is 0 Å². The highest BCUT2D eigenvalue weighted by atomic mass is 16.6. The molecule has 6 nitrogen and oxygen atoms in total. The number of allylic oxidation sites excluding steroid dienone is 12. The fourth-order valence-electron chi connectivity index (χ4n) is 12.4. The van der Waals surface area contributed by atoms with Crippen LogP contribution in [0.2, 0.25) is 0 Å². The highest BCUT2D eigenvalue weighted by Gasteiger charge is 2.53. The molecule has 0 aromatic heterocycles. The highest BCUT2D eigenvalue weighted by molar-refractivity contribution is 5.70. The monoisotopic (exact) mass is 1020 g/mol. The van der Waals surface area contributed by atoms with Crippen molar-refractivity contribution < 1.29 is 28.5 Å². The Bertz CT molecular complexity index is 2010. The van der Waals surface area contributed by atoms with Crippen molar-refractivity contribution in [1.29, 1.82) is 0 Å². The zero-order valence-electron chi connectivity index (χ0n) is 49.5. The van der Waals surface area contributed by atoms with E-state index < -0.39 is 11.2 Å². The van der Waals surface area contributed by atoms with Crippen molar-refractivity contribution in [2.75, 3.05) is 0 Å². The number of carbonyl (C=O) groups excluding carboxylic acids is 2. The van der Waals surface area contributed by atoms with Crippen molar-refractivity contribution in [1.82, 2.24) is 0 Å². The van der Waals surface area contributed by atoms with Crippen molar-refractivity contribution in [2.45, 2.75) is 298 Å². The number of rotatable bonds is 34. The fourth-order valence-corrected chi connectivity index (χ4v) is 12.4. The highest BCUT2D eigenvalue weighted by Crippen LogP contribution is 2.54. The first-order chi connectivity index (χ1) is 35.3. The number of carbonyl (C=O) groups is 2.